The highest BCUT2D eigenvalue weighted by atomic mass is 32.1. The minimum absolute atomic E-state index is 0.0793. The van der Waals surface area contributed by atoms with Crippen LogP contribution in [0.3, 0.4) is 0 Å². The van der Waals surface area contributed by atoms with Gasteiger partial charge in [-0.1, -0.05) is 18.3 Å². The molecule has 4 N–H and O–H groups in total. The van der Waals surface area contributed by atoms with E-state index in [0.717, 1.165) is 22.7 Å². The summed E-state index contributed by atoms with van der Waals surface area (Å²) in [4.78, 5) is 40.3. The van der Waals surface area contributed by atoms with Crippen LogP contribution in [0.2, 0.25) is 0 Å². The highest BCUT2D eigenvalue weighted by molar-refractivity contribution is 7.17. The Morgan fingerprint density at radius 3 is 1.83 bits per heavy atom. The zero-order valence-corrected chi connectivity index (χ0v) is 15.0. The molecule has 0 fully saturated rings. The number of hydrogen-bond donors (Lipinski definition) is 3. The van der Waals surface area contributed by atoms with Crippen molar-refractivity contribution in [2.75, 3.05) is 5.73 Å². The first kappa shape index (κ1) is 19.7. The van der Waals surface area contributed by atoms with Crippen molar-refractivity contribution < 1.29 is 24.6 Å². The Morgan fingerprint density at radius 2 is 1.50 bits per heavy atom. The largest absolute Gasteiger partial charge is 0.477 e. The van der Waals surface area contributed by atoms with E-state index in [-0.39, 0.29) is 22.0 Å². The van der Waals surface area contributed by atoms with Crippen molar-refractivity contribution >= 4 is 45.5 Å². The lowest BCUT2D eigenvalue weighted by Crippen LogP contribution is -1.99. The number of thiazole rings is 2. The molecule has 0 unspecified atom stereocenters. The summed E-state index contributed by atoms with van der Waals surface area (Å²) in [5.41, 5.74) is 6.23. The van der Waals surface area contributed by atoms with Crippen LogP contribution in [0.5, 0.6) is 0 Å². The van der Waals surface area contributed by atoms with Gasteiger partial charge in [0.05, 0.1) is 17.8 Å². The molecular weight excluding hydrogens is 354 g/mol. The van der Waals surface area contributed by atoms with Crippen molar-refractivity contribution in [3.8, 4) is 0 Å². The first-order valence-electron chi connectivity index (χ1n) is 6.83. The number of aromatic carboxylic acids is 2. The highest BCUT2D eigenvalue weighted by Crippen LogP contribution is 2.19. The molecule has 2 heterocycles. The zero-order chi connectivity index (χ0) is 18.4. The lowest BCUT2D eigenvalue weighted by atomic mass is 10.2. The number of carbonyl (C=O) groups excluding carboxylic acids is 1. The van der Waals surface area contributed by atoms with Crippen LogP contribution in [-0.2, 0) is 11.2 Å². The summed E-state index contributed by atoms with van der Waals surface area (Å²) < 4.78 is 0. The maximum atomic E-state index is 11.1. The number of anilines is 1. The Labute approximate surface area is 146 Å². The molecule has 0 aliphatic rings. The van der Waals surface area contributed by atoms with Crippen molar-refractivity contribution in [1.29, 1.82) is 0 Å². The lowest BCUT2D eigenvalue weighted by Gasteiger charge is -1.90. The first-order valence-corrected chi connectivity index (χ1v) is 8.46. The molecule has 130 valence electrons. The monoisotopic (exact) mass is 371 g/mol. The van der Waals surface area contributed by atoms with E-state index in [9.17, 15) is 14.4 Å². The molecule has 2 rings (SSSR count). The van der Waals surface area contributed by atoms with Gasteiger partial charge in [-0.25, -0.2) is 19.6 Å². The summed E-state index contributed by atoms with van der Waals surface area (Å²) in [5.74, 6) is -1.86. The standard InChI is InChI=1S/C9H11NO3S.C5H6N2O2S/c1-3-6(11)4-7-10-5(2)8(14-7)9(12)13;1-2-3(4(8)9)10-5(6)7-2/h3-4H2,1-2H3,(H,12,13);1H3,(H2,6,7)(H,8,9). The van der Waals surface area contributed by atoms with Gasteiger partial charge in [-0.05, 0) is 13.8 Å². The third kappa shape index (κ3) is 5.39. The number of hydrogen-bond acceptors (Lipinski definition) is 8. The van der Waals surface area contributed by atoms with Gasteiger partial charge in [0.15, 0.2) is 5.13 Å². The van der Waals surface area contributed by atoms with Crippen LogP contribution in [0.25, 0.3) is 0 Å². The minimum atomic E-state index is -0.977. The number of nitrogen functional groups attached to an aromatic ring is 1. The SMILES string of the molecule is CCC(=O)Cc1nc(C)c(C(=O)O)s1.Cc1nc(N)sc1C(=O)O. The number of carboxylic acid groups (broad SMARTS) is 2. The molecule has 0 amide bonds. The number of nitrogens with two attached hydrogens (primary N) is 1. The number of carboxylic acids is 2. The molecule has 10 heteroatoms. The van der Waals surface area contributed by atoms with Crippen molar-refractivity contribution in [2.45, 2.75) is 33.6 Å². The average Bonchev–Trinajstić information content (AvgIpc) is 3.01. The van der Waals surface area contributed by atoms with Gasteiger partial charge in [0.25, 0.3) is 0 Å². The summed E-state index contributed by atoms with van der Waals surface area (Å²) in [6, 6.07) is 0. The molecular formula is C14H17N3O5S2. The van der Waals surface area contributed by atoms with Crippen LogP contribution in [-0.4, -0.2) is 37.9 Å². The van der Waals surface area contributed by atoms with E-state index in [4.69, 9.17) is 15.9 Å². The Hall–Kier alpha value is -2.33. The number of nitrogens with zero attached hydrogens (tertiary/aromatic N) is 2. The molecule has 24 heavy (non-hydrogen) atoms. The zero-order valence-electron chi connectivity index (χ0n) is 13.3. The number of aromatic nitrogens is 2. The minimum Gasteiger partial charge on any atom is -0.477 e. The van der Waals surface area contributed by atoms with Gasteiger partial charge in [-0.2, -0.15) is 0 Å². The van der Waals surface area contributed by atoms with Gasteiger partial charge < -0.3 is 15.9 Å². The fourth-order valence-corrected chi connectivity index (χ4v) is 3.24. The van der Waals surface area contributed by atoms with E-state index < -0.39 is 11.9 Å². The molecule has 0 atom stereocenters. The summed E-state index contributed by atoms with van der Waals surface area (Å²) in [6.45, 7) is 5.04. The summed E-state index contributed by atoms with van der Waals surface area (Å²) in [5, 5.41) is 18.1. The Balaban J connectivity index is 0.000000254. The third-order valence-electron chi connectivity index (χ3n) is 2.79. The maximum Gasteiger partial charge on any atom is 0.347 e. The second-order valence-electron chi connectivity index (χ2n) is 4.67. The fourth-order valence-electron chi connectivity index (χ4n) is 1.64. The Kier molecular flexibility index (Phi) is 6.98. The van der Waals surface area contributed by atoms with Crippen molar-refractivity contribution in [3.63, 3.8) is 0 Å². The van der Waals surface area contributed by atoms with Gasteiger partial charge in [0.1, 0.15) is 20.5 Å². The van der Waals surface area contributed by atoms with Gasteiger partial charge in [-0.3, -0.25) is 4.79 Å². The van der Waals surface area contributed by atoms with Crippen LogP contribution in [0.15, 0.2) is 0 Å². The average molecular weight is 371 g/mol. The molecule has 2 aromatic rings. The van der Waals surface area contributed by atoms with Gasteiger partial charge in [-0.15, -0.1) is 11.3 Å². The lowest BCUT2D eigenvalue weighted by molar-refractivity contribution is -0.118. The van der Waals surface area contributed by atoms with E-state index in [1.165, 1.54) is 0 Å². The Bertz CT molecular complexity index is 767. The second kappa shape index (κ2) is 8.50. The molecule has 0 saturated carbocycles. The predicted molar refractivity (Wildman–Crippen MR) is 91.0 cm³/mol. The van der Waals surface area contributed by atoms with E-state index in [0.29, 0.717) is 27.9 Å². The number of ketones is 1. The van der Waals surface area contributed by atoms with E-state index >= 15 is 0 Å². The second-order valence-corrected chi connectivity index (χ2v) is 6.78. The van der Waals surface area contributed by atoms with Crippen LogP contribution >= 0.6 is 22.7 Å². The molecule has 2 aromatic heterocycles. The van der Waals surface area contributed by atoms with Gasteiger partial charge >= 0.3 is 11.9 Å². The number of aryl methyl sites for hydroxylation is 2. The van der Waals surface area contributed by atoms with Crippen LogP contribution in [0, 0.1) is 13.8 Å². The Morgan fingerprint density at radius 1 is 1.00 bits per heavy atom. The summed E-state index contributed by atoms with van der Waals surface area (Å²) >= 11 is 2.07. The molecule has 0 spiro atoms. The predicted octanol–water partition coefficient (Wildman–Crippen LogP) is 2.40. The number of Topliss-reactive ketones (excluding diaryl/α,β-unsaturated/α-hetero) is 1. The fraction of sp³-hybridized carbons (Fsp3) is 0.357. The quantitative estimate of drug-likeness (QED) is 0.727. The summed E-state index contributed by atoms with van der Waals surface area (Å²) in [6.07, 6.45) is 0.705. The van der Waals surface area contributed by atoms with E-state index in [1.807, 2.05) is 0 Å². The first-order chi connectivity index (χ1) is 11.1. The normalized spacial score (nSPS) is 9.96. The van der Waals surface area contributed by atoms with E-state index in [2.05, 4.69) is 9.97 Å². The highest BCUT2D eigenvalue weighted by Gasteiger charge is 2.15. The molecule has 0 bridgehead atoms. The van der Waals surface area contributed by atoms with Crippen LogP contribution in [0.4, 0.5) is 5.13 Å². The molecule has 0 radical (unpaired) electrons. The molecule has 0 aliphatic heterocycles. The third-order valence-corrected chi connectivity index (χ3v) is 4.91. The van der Waals surface area contributed by atoms with Gasteiger partial charge in [0, 0.05) is 6.42 Å². The molecule has 8 nitrogen and oxygen atoms in total. The maximum absolute atomic E-state index is 11.1. The summed E-state index contributed by atoms with van der Waals surface area (Å²) in [7, 11) is 0. The smallest absolute Gasteiger partial charge is 0.347 e. The number of carbonyl (C=O) groups is 3. The molecule has 0 aromatic carbocycles. The van der Waals surface area contributed by atoms with E-state index in [1.54, 1.807) is 20.8 Å². The topological polar surface area (TPSA) is 143 Å². The van der Waals surface area contributed by atoms with Crippen LogP contribution < -0.4 is 5.73 Å². The van der Waals surface area contributed by atoms with Crippen molar-refractivity contribution in [3.05, 3.63) is 26.1 Å². The van der Waals surface area contributed by atoms with Gasteiger partial charge in [0.2, 0.25) is 0 Å². The number of rotatable bonds is 5. The molecule has 0 aliphatic carbocycles. The van der Waals surface area contributed by atoms with Crippen LogP contribution in [0.1, 0.15) is 49.1 Å². The van der Waals surface area contributed by atoms with Crippen molar-refractivity contribution in [1.82, 2.24) is 9.97 Å². The van der Waals surface area contributed by atoms with Crippen molar-refractivity contribution in [2.24, 2.45) is 0 Å². The molecule has 0 saturated heterocycles.